The molecule has 0 aromatic carbocycles. The Hall–Kier alpha value is -0.810. The van der Waals surface area contributed by atoms with E-state index in [1.807, 2.05) is 4.90 Å². The highest BCUT2D eigenvalue weighted by molar-refractivity contribution is 5.74. The first-order chi connectivity index (χ1) is 11.3. The van der Waals surface area contributed by atoms with Gasteiger partial charge in [0.25, 0.3) is 0 Å². The van der Waals surface area contributed by atoms with Gasteiger partial charge in [-0.05, 0) is 45.4 Å². The molecule has 2 amide bonds. The number of carbonyl (C=O) groups is 1. The van der Waals surface area contributed by atoms with Crippen molar-refractivity contribution in [1.82, 2.24) is 15.1 Å². The lowest BCUT2D eigenvalue weighted by Crippen LogP contribution is -2.51. The summed E-state index contributed by atoms with van der Waals surface area (Å²) in [5, 5.41) is 3.26. The van der Waals surface area contributed by atoms with Crippen molar-refractivity contribution in [2.45, 2.75) is 76.5 Å². The number of amides is 2. The van der Waals surface area contributed by atoms with Gasteiger partial charge in [-0.2, -0.15) is 0 Å². The van der Waals surface area contributed by atoms with Gasteiger partial charge in [0.1, 0.15) is 0 Å². The normalized spacial score (nSPS) is 27.4. The highest BCUT2D eigenvalue weighted by Crippen LogP contribution is 2.26. The number of likely N-dealkylation sites (N-methyl/N-ethyl adjacent to an activating group) is 1. The molecule has 2 heterocycles. The Morgan fingerprint density at radius 3 is 2.48 bits per heavy atom. The van der Waals surface area contributed by atoms with Crippen LogP contribution in [0.25, 0.3) is 0 Å². The molecule has 0 aromatic heterocycles. The molecule has 3 aliphatic rings. The number of hydrogen-bond acceptors (Lipinski definition) is 3. The van der Waals surface area contributed by atoms with Crippen molar-refractivity contribution in [2.24, 2.45) is 0 Å². The number of piperidine rings is 1. The second-order valence-corrected chi connectivity index (χ2v) is 7.37. The van der Waals surface area contributed by atoms with Gasteiger partial charge in [-0.25, -0.2) is 4.79 Å². The minimum absolute atomic E-state index is 0.0994. The Bertz CT molecular complexity index is 370. The molecule has 1 atom stereocenters. The number of likely N-dealkylation sites (tertiary alicyclic amines) is 1. The molecule has 0 aromatic rings. The molecule has 0 bridgehead atoms. The van der Waals surface area contributed by atoms with Crippen LogP contribution in [0.1, 0.15) is 58.3 Å². The van der Waals surface area contributed by atoms with E-state index in [4.69, 9.17) is 4.74 Å². The zero-order valence-electron chi connectivity index (χ0n) is 14.6. The molecule has 3 rings (SSSR count). The smallest absolute Gasteiger partial charge is 0.317 e. The van der Waals surface area contributed by atoms with Crippen LogP contribution in [-0.4, -0.2) is 66.8 Å². The first-order valence-corrected chi connectivity index (χ1v) is 9.67. The van der Waals surface area contributed by atoms with E-state index in [1.165, 1.54) is 25.7 Å². The van der Waals surface area contributed by atoms with Gasteiger partial charge in [-0.1, -0.05) is 12.8 Å². The largest absolute Gasteiger partial charge is 0.376 e. The van der Waals surface area contributed by atoms with Gasteiger partial charge in [-0.3, -0.25) is 0 Å². The zero-order chi connectivity index (χ0) is 16.1. The Kier molecular flexibility index (Phi) is 6.17. The topological polar surface area (TPSA) is 44.8 Å². The monoisotopic (exact) mass is 323 g/mol. The first-order valence-electron chi connectivity index (χ1n) is 9.67. The van der Waals surface area contributed by atoms with Crippen LogP contribution in [0.15, 0.2) is 0 Å². The molecular formula is C18H33N3O2. The van der Waals surface area contributed by atoms with Crippen molar-refractivity contribution in [3.8, 4) is 0 Å². The van der Waals surface area contributed by atoms with Crippen LogP contribution in [-0.2, 0) is 4.74 Å². The number of nitrogens with one attached hydrogen (secondary N) is 1. The average Bonchev–Trinajstić information content (AvgIpc) is 3.27. The maximum Gasteiger partial charge on any atom is 0.317 e. The van der Waals surface area contributed by atoms with E-state index in [0.717, 1.165) is 64.5 Å². The SMILES string of the molecule is CCN(CC1CCCO1)C(=O)NC1CCN(C2CCCC2)CC1. The van der Waals surface area contributed by atoms with Gasteiger partial charge < -0.3 is 19.9 Å². The van der Waals surface area contributed by atoms with E-state index >= 15 is 0 Å². The third kappa shape index (κ3) is 4.60. The maximum atomic E-state index is 12.5. The minimum Gasteiger partial charge on any atom is -0.376 e. The summed E-state index contributed by atoms with van der Waals surface area (Å²) in [6.45, 7) is 6.69. The molecule has 23 heavy (non-hydrogen) atoms. The molecule has 1 N–H and O–H groups in total. The van der Waals surface area contributed by atoms with Crippen LogP contribution < -0.4 is 5.32 Å². The molecule has 5 heteroatoms. The number of urea groups is 1. The fourth-order valence-corrected chi connectivity index (χ4v) is 4.33. The molecule has 5 nitrogen and oxygen atoms in total. The van der Waals surface area contributed by atoms with Gasteiger partial charge in [0.15, 0.2) is 0 Å². The lowest BCUT2D eigenvalue weighted by atomic mass is 10.0. The molecule has 132 valence electrons. The zero-order valence-corrected chi connectivity index (χ0v) is 14.6. The van der Waals surface area contributed by atoms with Gasteiger partial charge in [0.2, 0.25) is 0 Å². The predicted molar refractivity (Wildman–Crippen MR) is 91.6 cm³/mol. The molecule has 3 fully saturated rings. The fraction of sp³-hybridized carbons (Fsp3) is 0.944. The number of carbonyl (C=O) groups excluding carboxylic acids is 1. The van der Waals surface area contributed by atoms with E-state index in [2.05, 4.69) is 17.1 Å². The van der Waals surface area contributed by atoms with E-state index in [1.54, 1.807) is 0 Å². The summed E-state index contributed by atoms with van der Waals surface area (Å²) < 4.78 is 5.67. The summed E-state index contributed by atoms with van der Waals surface area (Å²) in [7, 11) is 0. The van der Waals surface area contributed by atoms with Crippen LogP contribution in [0, 0.1) is 0 Å². The van der Waals surface area contributed by atoms with E-state index in [-0.39, 0.29) is 12.1 Å². The standard InChI is InChI=1S/C18H33N3O2/c1-2-20(14-17-8-5-13-23-17)18(22)19-15-9-11-21(12-10-15)16-6-3-4-7-16/h15-17H,2-14H2,1H3,(H,19,22). The fourth-order valence-electron chi connectivity index (χ4n) is 4.33. The molecule has 0 spiro atoms. The Balaban J connectivity index is 1.40. The Morgan fingerprint density at radius 2 is 1.87 bits per heavy atom. The van der Waals surface area contributed by atoms with Gasteiger partial charge in [0, 0.05) is 44.9 Å². The summed E-state index contributed by atoms with van der Waals surface area (Å²) in [6.07, 6.45) is 10.2. The van der Waals surface area contributed by atoms with Crippen molar-refractivity contribution in [1.29, 1.82) is 0 Å². The van der Waals surface area contributed by atoms with Crippen LogP contribution in [0.4, 0.5) is 4.79 Å². The van der Waals surface area contributed by atoms with E-state index in [9.17, 15) is 4.79 Å². The van der Waals surface area contributed by atoms with Crippen molar-refractivity contribution < 1.29 is 9.53 Å². The van der Waals surface area contributed by atoms with Crippen molar-refractivity contribution in [3.63, 3.8) is 0 Å². The third-order valence-electron chi connectivity index (χ3n) is 5.82. The summed E-state index contributed by atoms with van der Waals surface area (Å²) in [4.78, 5) is 17.1. The summed E-state index contributed by atoms with van der Waals surface area (Å²) in [5.74, 6) is 0. The summed E-state index contributed by atoms with van der Waals surface area (Å²) >= 11 is 0. The van der Waals surface area contributed by atoms with Crippen LogP contribution in [0.3, 0.4) is 0 Å². The highest BCUT2D eigenvalue weighted by atomic mass is 16.5. The molecule has 1 aliphatic carbocycles. The molecule has 1 unspecified atom stereocenters. The second kappa shape index (κ2) is 8.34. The molecular weight excluding hydrogens is 290 g/mol. The number of nitrogens with zero attached hydrogens (tertiary/aromatic N) is 2. The minimum atomic E-state index is 0.0994. The predicted octanol–water partition coefficient (Wildman–Crippen LogP) is 2.60. The lowest BCUT2D eigenvalue weighted by molar-refractivity contribution is 0.0807. The number of hydrogen-bond donors (Lipinski definition) is 1. The van der Waals surface area contributed by atoms with Crippen LogP contribution >= 0.6 is 0 Å². The Labute approximate surface area is 140 Å². The Morgan fingerprint density at radius 1 is 1.13 bits per heavy atom. The summed E-state index contributed by atoms with van der Waals surface area (Å²) in [5.41, 5.74) is 0. The second-order valence-electron chi connectivity index (χ2n) is 7.37. The maximum absolute atomic E-state index is 12.5. The molecule has 2 aliphatic heterocycles. The molecule has 2 saturated heterocycles. The van der Waals surface area contributed by atoms with Crippen molar-refractivity contribution in [3.05, 3.63) is 0 Å². The average molecular weight is 323 g/mol. The van der Waals surface area contributed by atoms with E-state index in [0.29, 0.717) is 6.04 Å². The first kappa shape index (κ1) is 17.0. The van der Waals surface area contributed by atoms with E-state index < -0.39 is 0 Å². The van der Waals surface area contributed by atoms with Gasteiger partial charge in [0.05, 0.1) is 6.10 Å². The molecule has 1 saturated carbocycles. The van der Waals surface area contributed by atoms with Crippen molar-refractivity contribution in [2.75, 3.05) is 32.8 Å². The highest BCUT2D eigenvalue weighted by Gasteiger charge is 2.29. The number of rotatable bonds is 5. The van der Waals surface area contributed by atoms with Crippen LogP contribution in [0.2, 0.25) is 0 Å². The lowest BCUT2D eigenvalue weighted by Gasteiger charge is -2.37. The quantitative estimate of drug-likeness (QED) is 0.846. The van der Waals surface area contributed by atoms with Gasteiger partial charge in [-0.15, -0.1) is 0 Å². The third-order valence-corrected chi connectivity index (χ3v) is 5.82. The summed E-state index contributed by atoms with van der Waals surface area (Å²) in [6, 6.07) is 1.26. The molecule has 0 radical (unpaired) electrons. The number of ether oxygens (including phenoxy) is 1. The van der Waals surface area contributed by atoms with Crippen LogP contribution in [0.5, 0.6) is 0 Å². The van der Waals surface area contributed by atoms with Crippen molar-refractivity contribution >= 4 is 6.03 Å². The van der Waals surface area contributed by atoms with Gasteiger partial charge >= 0.3 is 6.03 Å².